The molecule has 0 aliphatic carbocycles. The molecule has 3 aromatic heterocycles. The zero-order valence-corrected chi connectivity index (χ0v) is 25.1. The Morgan fingerprint density at radius 2 is 0.957 bits per heavy atom. The fourth-order valence-electron chi connectivity index (χ4n) is 6.23. The van der Waals surface area contributed by atoms with Crippen LogP contribution in [-0.4, -0.2) is 25.3 Å². The highest BCUT2D eigenvalue weighted by atomic mass is 16.6. The third-order valence-corrected chi connectivity index (χ3v) is 8.57. The van der Waals surface area contributed by atoms with Gasteiger partial charge in [0, 0.05) is 38.4 Å². The van der Waals surface area contributed by atoms with Gasteiger partial charge in [-0.15, -0.1) is 0 Å². The van der Waals surface area contributed by atoms with Crippen molar-refractivity contribution in [3.8, 4) is 56.3 Å². The van der Waals surface area contributed by atoms with Crippen LogP contribution in [0.1, 0.15) is 0 Å². The Balaban J connectivity index is 1.16. The summed E-state index contributed by atoms with van der Waals surface area (Å²) in [5, 5.41) is 11.4. The lowest BCUT2D eigenvalue weighted by Gasteiger charge is -2.12. The van der Waals surface area contributed by atoms with Crippen LogP contribution < -0.4 is 0 Å². The van der Waals surface area contributed by atoms with Crippen molar-refractivity contribution in [3.63, 3.8) is 0 Å². The Labute approximate surface area is 270 Å². The third-order valence-electron chi connectivity index (χ3n) is 8.57. The van der Waals surface area contributed by atoms with Crippen LogP contribution >= 0.6 is 0 Å². The van der Waals surface area contributed by atoms with Gasteiger partial charge in [0.1, 0.15) is 11.0 Å². The maximum Gasteiger partial charge on any atom is 0.160 e. The van der Waals surface area contributed by atoms with Crippen molar-refractivity contribution in [1.82, 2.24) is 25.3 Å². The minimum absolute atomic E-state index is 0.698. The van der Waals surface area contributed by atoms with Gasteiger partial charge in [-0.3, -0.25) is 0 Å². The molecule has 0 aliphatic heterocycles. The van der Waals surface area contributed by atoms with Crippen LogP contribution in [0.4, 0.5) is 0 Å². The number of nitrogens with zero attached hydrogens (tertiary/aromatic N) is 5. The summed E-state index contributed by atoms with van der Waals surface area (Å²) in [5.74, 6) is 0.698. The summed E-state index contributed by atoms with van der Waals surface area (Å²) in [6.45, 7) is 0. The molecule has 0 fully saturated rings. The molecule has 0 aliphatic rings. The van der Waals surface area contributed by atoms with Gasteiger partial charge in [-0.05, 0) is 51.8 Å². The number of rotatable bonds is 5. The minimum atomic E-state index is 0.698. The summed E-state index contributed by atoms with van der Waals surface area (Å²) in [5.41, 5.74) is 11.2. The molecule has 6 nitrogen and oxygen atoms in total. The lowest BCUT2D eigenvalue weighted by Crippen LogP contribution is -1.95. The van der Waals surface area contributed by atoms with Crippen LogP contribution in [0.5, 0.6) is 0 Å². The highest BCUT2D eigenvalue weighted by Crippen LogP contribution is 2.38. The molecule has 0 unspecified atom stereocenters. The molecule has 0 spiro atoms. The van der Waals surface area contributed by atoms with Gasteiger partial charge in [0.2, 0.25) is 0 Å². The van der Waals surface area contributed by atoms with E-state index >= 15 is 0 Å². The average Bonchev–Trinajstić information content (AvgIpc) is 3.65. The highest BCUT2D eigenvalue weighted by Gasteiger charge is 2.17. The Hall–Kier alpha value is -6.53. The molecular weight excluding hydrogens is 578 g/mol. The monoisotopic (exact) mass is 603 g/mol. The predicted molar refractivity (Wildman–Crippen MR) is 187 cm³/mol. The normalized spacial score (nSPS) is 11.4. The average molecular weight is 604 g/mol. The van der Waals surface area contributed by atoms with Crippen molar-refractivity contribution in [2.75, 3.05) is 0 Å². The topological polar surface area (TPSA) is 77.6 Å². The van der Waals surface area contributed by atoms with Crippen LogP contribution in [0.15, 0.2) is 156 Å². The van der Waals surface area contributed by atoms with E-state index in [1.54, 1.807) is 0 Å². The molecule has 0 amide bonds. The quantitative estimate of drug-likeness (QED) is 0.182. The van der Waals surface area contributed by atoms with E-state index in [-0.39, 0.29) is 0 Å². The second-order valence-electron chi connectivity index (χ2n) is 11.4. The molecule has 9 rings (SSSR count). The lowest BCUT2D eigenvalue weighted by atomic mass is 9.95. The predicted octanol–water partition coefficient (Wildman–Crippen LogP) is 10.0. The zero-order valence-electron chi connectivity index (χ0n) is 25.1. The molecule has 9 aromatic rings. The molecule has 0 radical (unpaired) electrons. The standard InChI is InChI=1S/C41H25N5O/c1-4-10-27(11-5-1)36-25-37(44-41(43-36)30-14-8-3-9-15-30)28-18-16-26(17-19-28)31-20-22-34-33(24-31)38-32(21-23-35-40(38)46-47-45-35)39(42-34)29-12-6-2-7-13-29/h1-25H. The smallest absolute Gasteiger partial charge is 0.160 e. The van der Waals surface area contributed by atoms with E-state index in [2.05, 4.69) is 89.2 Å². The van der Waals surface area contributed by atoms with Gasteiger partial charge in [-0.25, -0.2) is 19.6 Å². The van der Waals surface area contributed by atoms with Gasteiger partial charge >= 0.3 is 0 Å². The number of hydrogen-bond donors (Lipinski definition) is 0. The van der Waals surface area contributed by atoms with E-state index in [1.165, 1.54) is 0 Å². The summed E-state index contributed by atoms with van der Waals surface area (Å²) in [4.78, 5) is 15.0. The molecule has 6 aromatic carbocycles. The molecule has 3 heterocycles. The maximum atomic E-state index is 5.18. The van der Waals surface area contributed by atoms with Gasteiger partial charge in [-0.2, -0.15) is 0 Å². The van der Waals surface area contributed by atoms with Gasteiger partial charge in [0.05, 0.1) is 22.6 Å². The maximum absolute atomic E-state index is 5.18. The number of aromatic nitrogens is 5. The van der Waals surface area contributed by atoms with Crippen LogP contribution in [0.3, 0.4) is 0 Å². The minimum Gasteiger partial charge on any atom is -0.247 e. The van der Waals surface area contributed by atoms with E-state index in [9.17, 15) is 0 Å². The van der Waals surface area contributed by atoms with Crippen molar-refractivity contribution in [1.29, 1.82) is 0 Å². The van der Waals surface area contributed by atoms with E-state index < -0.39 is 0 Å². The van der Waals surface area contributed by atoms with Gasteiger partial charge in [0.25, 0.3) is 0 Å². The first kappa shape index (κ1) is 26.8. The Morgan fingerprint density at radius 1 is 0.383 bits per heavy atom. The van der Waals surface area contributed by atoms with E-state index in [0.29, 0.717) is 11.3 Å². The molecule has 47 heavy (non-hydrogen) atoms. The summed E-state index contributed by atoms with van der Waals surface area (Å²) >= 11 is 0. The van der Waals surface area contributed by atoms with Crippen molar-refractivity contribution >= 4 is 32.7 Å². The van der Waals surface area contributed by atoms with Gasteiger partial charge < -0.3 is 0 Å². The Morgan fingerprint density at radius 3 is 1.66 bits per heavy atom. The fraction of sp³-hybridized carbons (Fsp3) is 0. The molecule has 0 atom stereocenters. The van der Waals surface area contributed by atoms with Crippen molar-refractivity contribution in [2.45, 2.75) is 0 Å². The SMILES string of the molecule is c1ccc(-c2cc(-c3ccc(-c4ccc5nc(-c6ccccc6)c6ccc7nonc7c6c5c4)cc3)nc(-c3ccccc3)n2)cc1. The first-order valence-electron chi connectivity index (χ1n) is 15.4. The summed E-state index contributed by atoms with van der Waals surface area (Å²) < 4.78 is 5.18. The molecule has 0 saturated carbocycles. The van der Waals surface area contributed by atoms with Gasteiger partial charge in [0.15, 0.2) is 5.82 Å². The molecule has 0 bridgehead atoms. The summed E-state index contributed by atoms with van der Waals surface area (Å²) in [6.07, 6.45) is 0. The number of hydrogen-bond acceptors (Lipinski definition) is 6. The van der Waals surface area contributed by atoms with Crippen LogP contribution in [-0.2, 0) is 0 Å². The van der Waals surface area contributed by atoms with Crippen LogP contribution in [0, 0.1) is 0 Å². The first-order valence-corrected chi connectivity index (χ1v) is 15.4. The highest BCUT2D eigenvalue weighted by molar-refractivity contribution is 6.21. The Kier molecular flexibility index (Phi) is 6.35. The largest absolute Gasteiger partial charge is 0.247 e. The number of pyridine rings is 1. The molecule has 0 saturated heterocycles. The molecule has 220 valence electrons. The van der Waals surface area contributed by atoms with E-state index in [4.69, 9.17) is 19.6 Å². The first-order chi connectivity index (χ1) is 23.3. The molecule has 6 heteroatoms. The fourth-order valence-corrected chi connectivity index (χ4v) is 6.23. The van der Waals surface area contributed by atoms with Crippen LogP contribution in [0.2, 0.25) is 0 Å². The molecular formula is C41H25N5O. The lowest BCUT2D eigenvalue weighted by molar-refractivity contribution is 0.316. The zero-order chi connectivity index (χ0) is 31.2. The Bertz CT molecular complexity index is 2490. The van der Waals surface area contributed by atoms with Gasteiger partial charge in [-0.1, -0.05) is 121 Å². The van der Waals surface area contributed by atoms with Crippen molar-refractivity contribution < 1.29 is 4.63 Å². The third kappa shape index (κ3) is 4.80. The molecule has 0 N–H and O–H groups in total. The van der Waals surface area contributed by atoms with Crippen LogP contribution in [0.25, 0.3) is 89.0 Å². The number of fused-ring (bicyclic) bond motifs is 5. The van der Waals surface area contributed by atoms with E-state index in [1.807, 2.05) is 72.8 Å². The van der Waals surface area contributed by atoms with E-state index in [0.717, 1.165) is 77.7 Å². The van der Waals surface area contributed by atoms with Crippen molar-refractivity contribution in [2.24, 2.45) is 0 Å². The second kappa shape index (κ2) is 11.1. The van der Waals surface area contributed by atoms with Crippen molar-refractivity contribution in [3.05, 3.63) is 152 Å². The summed E-state index contributed by atoms with van der Waals surface area (Å²) in [7, 11) is 0. The second-order valence-corrected chi connectivity index (χ2v) is 11.4. The summed E-state index contributed by atoms with van der Waals surface area (Å²) in [6, 6.07) is 51.6. The number of benzene rings is 6.